The van der Waals surface area contributed by atoms with Crippen molar-refractivity contribution in [1.82, 2.24) is 5.32 Å². The smallest absolute Gasteiger partial charge is 0.0591 e. The number of nitrogens with two attached hydrogens (primary N) is 1. The molecule has 1 aliphatic carbocycles. The normalized spacial score (nSPS) is 17.2. The van der Waals surface area contributed by atoms with Gasteiger partial charge in [-0.1, -0.05) is 0 Å². The molecule has 1 aliphatic rings. The molecule has 66 valence electrons. The lowest BCUT2D eigenvalue weighted by atomic mass is 10.5. The maximum atomic E-state index is 5.40. The number of ether oxygens (including phenoxy) is 1. The van der Waals surface area contributed by atoms with Crippen molar-refractivity contribution in [3.8, 4) is 0 Å². The molecule has 0 aromatic carbocycles. The summed E-state index contributed by atoms with van der Waals surface area (Å²) in [4.78, 5) is 0. The predicted octanol–water partition coefficient (Wildman–Crippen LogP) is -0.0387. The van der Waals surface area contributed by atoms with Crippen molar-refractivity contribution >= 4 is 0 Å². The molecule has 0 aromatic heterocycles. The summed E-state index contributed by atoms with van der Waals surface area (Å²) in [6, 6.07) is 0. The highest BCUT2D eigenvalue weighted by atomic mass is 16.5. The summed E-state index contributed by atoms with van der Waals surface area (Å²) in [6.45, 7) is 4.33. The van der Waals surface area contributed by atoms with Crippen LogP contribution >= 0.6 is 0 Å². The predicted molar refractivity (Wildman–Crippen MR) is 45.5 cm³/mol. The lowest BCUT2D eigenvalue weighted by Gasteiger charge is -2.03. The zero-order valence-electron chi connectivity index (χ0n) is 7.01. The minimum absolute atomic E-state index is 0.711. The fourth-order valence-corrected chi connectivity index (χ4v) is 0.906. The fraction of sp³-hybridized carbons (Fsp3) is 1.00. The Morgan fingerprint density at radius 1 is 1.36 bits per heavy atom. The van der Waals surface area contributed by atoms with Crippen molar-refractivity contribution in [3.63, 3.8) is 0 Å². The molecule has 0 aromatic rings. The largest absolute Gasteiger partial charge is 0.380 e. The molecule has 0 bridgehead atoms. The van der Waals surface area contributed by atoms with Gasteiger partial charge < -0.3 is 15.8 Å². The van der Waals surface area contributed by atoms with Gasteiger partial charge in [-0.2, -0.15) is 0 Å². The van der Waals surface area contributed by atoms with E-state index in [9.17, 15) is 0 Å². The van der Waals surface area contributed by atoms with Crippen LogP contribution in [0.3, 0.4) is 0 Å². The minimum atomic E-state index is 0.711. The molecule has 0 spiro atoms. The monoisotopic (exact) mass is 158 g/mol. The van der Waals surface area contributed by atoms with Crippen LogP contribution in [-0.4, -0.2) is 32.8 Å². The van der Waals surface area contributed by atoms with E-state index < -0.39 is 0 Å². The standard InChI is InChI=1S/C8H18N2O/c9-3-4-10-5-6-11-7-8-1-2-8/h8,10H,1-7,9H2. The van der Waals surface area contributed by atoms with E-state index in [4.69, 9.17) is 10.5 Å². The van der Waals surface area contributed by atoms with E-state index in [1.807, 2.05) is 0 Å². The average Bonchev–Trinajstić information content (AvgIpc) is 2.80. The van der Waals surface area contributed by atoms with Crippen LogP contribution in [0.4, 0.5) is 0 Å². The van der Waals surface area contributed by atoms with Gasteiger partial charge >= 0.3 is 0 Å². The van der Waals surface area contributed by atoms with Crippen molar-refractivity contribution < 1.29 is 4.74 Å². The summed E-state index contributed by atoms with van der Waals surface area (Å²) in [5.41, 5.74) is 5.30. The molecule has 0 unspecified atom stereocenters. The second-order valence-electron chi connectivity index (χ2n) is 3.06. The van der Waals surface area contributed by atoms with Gasteiger partial charge in [0, 0.05) is 26.2 Å². The Kier molecular flexibility index (Phi) is 4.50. The number of nitrogens with one attached hydrogen (secondary N) is 1. The minimum Gasteiger partial charge on any atom is -0.380 e. The third-order valence-corrected chi connectivity index (χ3v) is 1.79. The molecule has 0 saturated heterocycles. The first-order chi connectivity index (χ1) is 5.43. The van der Waals surface area contributed by atoms with E-state index in [0.29, 0.717) is 6.54 Å². The first-order valence-electron chi connectivity index (χ1n) is 4.42. The Bertz CT molecular complexity index is 94.1. The molecular weight excluding hydrogens is 140 g/mol. The van der Waals surface area contributed by atoms with E-state index in [-0.39, 0.29) is 0 Å². The molecule has 3 N–H and O–H groups in total. The van der Waals surface area contributed by atoms with Gasteiger partial charge in [-0.3, -0.25) is 0 Å². The van der Waals surface area contributed by atoms with Crippen LogP contribution in [0.15, 0.2) is 0 Å². The van der Waals surface area contributed by atoms with E-state index in [1.54, 1.807) is 0 Å². The summed E-state index contributed by atoms with van der Waals surface area (Å²) >= 11 is 0. The van der Waals surface area contributed by atoms with Crippen molar-refractivity contribution in [2.45, 2.75) is 12.8 Å². The molecule has 1 rings (SSSR count). The lowest BCUT2D eigenvalue weighted by molar-refractivity contribution is 0.126. The van der Waals surface area contributed by atoms with Crippen molar-refractivity contribution in [2.75, 3.05) is 32.8 Å². The van der Waals surface area contributed by atoms with E-state index in [1.165, 1.54) is 12.8 Å². The summed E-state index contributed by atoms with van der Waals surface area (Å²) in [7, 11) is 0. The second kappa shape index (κ2) is 5.52. The molecule has 3 nitrogen and oxygen atoms in total. The quantitative estimate of drug-likeness (QED) is 0.511. The molecule has 0 radical (unpaired) electrons. The lowest BCUT2D eigenvalue weighted by Crippen LogP contribution is -2.26. The van der Waals surface area contributed by atoms with Crippen LogP contribution in [0.25, 0.3) is 0 Å². The van der Waals surface area contributed by atoms with E-state index in [0.717, 1.165) is 32.2 Å². The van der Waals surface area contributed by atoms with Gasteiger partial charge in [0.25, 0.3) is 0 Å². The molecule has 3 heteroatoms. The maximum absolute atomic E-state index is 5.40. The first-order valence-corrected chi connectivity index (χ1v) is 4.42. The topological polar surface area (TPSA) is 47.3 Å². The van der Waals surface area contributed by atoms with Gasteiger partial charge in [-0.15, -0.1) is 0 Å². The highest BCUT2D eigenvalue weighted by molar-refractivity contribution is 4.71. The highest BCUT2D eigenvalue weighted by Gasteiger charge is 2.20. The van der Waals surface area contributed by atoms with Crippen molar-refractivity contribution in [1.29, 1.82) is 0 Å². The van der Waals surface area contributed by atoms with Crippen LogP contribution in [0, 0.1) is 5.92 Å². The molecule has 0 heterocycles. The fourth-order valence-electron chi connectivity index (χ4n) is 0.906. The van der Waals surface area contributed by atoms with E-state index in [2.05, 4.69) is 5.32 Å². The highest BCUT2D eigenvalue weighted by Crippen LogP contribution is 2.28. The summed E-state index contributed by atoms with van der Waals surface area (Å²) in [5, 5.41) is 3.18. The SMILES string of the molecule is NCCNCCOCC1CC1. The summed E-state index contributed by atoms with van der Waals surface area (Å²) < 4.78 is 5.40. The first kappa shape index (κ1) is 8.97. The summed E-state index contributed by atoms with van der Waals surface area (Å²) in [6.07, 6.45) is 2.74. The molecule has 1 saturated carbocycles. The Hall–Kier alpha value is -0.120. The number of hydrogen-bond donors (Lipinski definition) is 2. The third kappa shape index (κ3) is 5.18. The molecular formula is C8H18N2O. The maximum Gasteiger partial charge on any atom is 0.0591 e. The molecule has 0 amide bonds. The van der Waals surface area contributed by atoms with Gasteiger partial charge in [-0.05, 0) is 18.8 Å². The van der Waals surface area contributed by atoms with Crippen LogP contribution < -0.4 is 11.1 Å². The van der Waals surface area contributed by atoms with Crippen molar-refractivity contribution in [2.24, 2.45) is 11.7 Å². The van der Waals surface area contributed by atoms with Gasteiger partial charge in [0.05, 0.1) is 6.61 Å². The van der Waals surface area contributed by atoms with Crippen LogP contribution in [0.2, 0.25) is 0 Å². The number of rotatable bonds is 7. The average molecular weight is 158 g/mol. The van der Waals surface area contributed by atoms with Crippen molar-refractivity contribution in [3.05, 3.63) is 0 Å². The Balaban J connectivity index is 1.66. The summed E-state index contributed by atoms with van der Waals surface area (Å²) in [5.74, 6) is 0.879. The number of hydrogen-bond acceptors (Lipinski definition) is 3. The van der Waals surface area contributed by atoms with Gasteiger partial charge in [0.2, 0.25) is 0 Å². The zero-order chi connectivity index (χ0) is 7.94. The molecule has 1 fully saturated rings. The van der Waals surface area contributed by atoms with Gasteiger partial charge in [0.1, 0.15) is 0 Å². The molecule has 0 atom stereocenters. The van der Waals surface area contributed by atoms with Gasteiger partial charge in [0.15, 0.2) is 0 Å². The third-order valence-electron chi connectivity index (χ3n) is 1.79. The molecule has 11 heavy (non-hydrogen) atoms. The Morgan fingerprint density at radius 2 is 2.18 bits per heavy atom. The van der Waals surface area contributed by atoms with Crippen LogP contribution in [0.5, 0.6) is 0 Å². The zero-order valence-corrected chi connectivity index (χ0v) is 7.01. The second-order valence-corrected chi connectivity index (χ2v) is 3.06. The Labute approximate surface area is 68.3 Å². The molecule has 0 aliphatic heterocycles. The Morgan fingerprint density at radius 3 is 2.82 bits per heavy atom. The van der Waals surface area contributed by atoms with Gasteiger partial charge in [-0.25, -0.2) is 0 Å². The van der Waals surface area contributed by atoms with Crippen LogP contribution in [-0.2, 0) is 4.74 Å². The van der Waals surface area contributed by atoms with Crippen LogP contribution in [0.1, 0.15) is 12.8 Å². The van der Waals surface area contributed by atoms with E-state index >= 15 is 0 Å².